The van der Waals surface area contributed by atoms with Crippen molar-refractivity contribution in [2.45, 2.75) is 13.3 Å². The minimum atomic E-state index is 0.397. The molecule has 1 aromatic heterocycles. The summed E-state index contributed by atoms with van der Waals surface area (Å²) in [6, 6.07) is 8.04. The number of carbonyl (C=O) groups excluding carboxylic acids is 1. The van der Waals surface area contributed by atoms with Crippen LogP contribution in [0.2, 0.25) is 0 Å². The van der Waals surface area contributed by atoms with Crippen LogP contribution in [0, 0.1) is 6.92 Å². The van der Waals surface area contributed by atoms with Crippen LogP contribution < -0.4 is 0 Å². The van der Waals surface area contributed by atoms with Crippen LogP contribution in [0.5, 0.6) is 0 Å². The summed E-state index contributed by atoms with van der Waals surface area (Å²) in [7, 11) is 0. The van der Waals surface area contributed by atoms with Gasteiger partial charge in [0, 0.05) is 24.0 Å². The molecular weight excluding hydrogens is 188 g/mol. The molecular formula is C12H12N2O. The maximum Gasteiger partial charge on any atom is 0.125 e. The van der Waals surface area contributed by atoms with Crippen LogP contribution in [-0.2, 0) is 11.2 Å². The molecule has 3 nitrogen and oxygen atoms in total. The standard InChI is InChI=1S/C12H12N2O/c1-10-4-2-3-5-12(10)14-9-13-8-11(14)6-7-15/h2-5,7-9H,6H2,1H3. The first-order valence-corrected chi connectivity index (χ1v) is 4.84. The molecule has 76 valence electrons. The fourth-order valence-electron chi connectivity index (χ4n) is 1.61. The number of para-hydroxylation sites is 1. The fraction of sp³-hybridized carbons (Fsp3) is 0.167. The Morgan fingerprint density at radius 1 is 1.40 bits per heavy atom. The van der Waals surface area contributed by atoms with E-state index in [1.807, 2.05) is 35.8 Å². The van der Waals surface area contributed by atoms with Gasteiger partial charge in [-0.15, -0.1) is 0 Å². The number of aldehydes is 1. The monoisotopic (exact) mass is 200 g/mol. The van der Waals surface area contributed by atoms with E-state index in [9.17, 15) is 4.79 Å². The second-order valence-electron chi connectivity index (χ2n) is 3.41. The molecule has 15 heavy (non-hydrogen) atoms. The summed E-state index contributed by atoms with van der Waals surface area (Å²) >= 11 is 0. The van der Waals surface area contributed by atoms with Gasteiger partial charge >= 0.3 is 0 Å². The van der Waals surface area contributed by atoms with Crippen molar-refractivity contribution in [1.82, 2.24) is 9.55 Å². The number of hydrogen-bond donors (Lipinski definition) is 0. The molecule has 1 aromatic carbocycles. The van der Waals surface area contributed by atoms with Crippen molar-refractivity contribution in [2.75, 3.05) is 0 Å². The van der Waals surface area contributed by atoms with Gasteiger partial charge in [0.05, 0.1) is 6.33 Å². The highest BCUT2D eigenvalue weighted by Gasteiger charge is 2.05. The van der Waals surface area contributed by atoms with E-state index in [1.165, 1.54) is 5.56 Å². The molecule has 0 spiro atoms. The maximum absolute atomic E-state index is 10.5. The molecule has 2 aromatic rings. The highest BCUT2D eigenvalue weighted by atomic mass is 16.1. The minimum Gasteiger partial charge on any atom is -0.303 e. The molecule has 0 amide bonds. The molecule has 0 fully saturated rings. The minimum absolute atomic E-state index is 0.397. The lowest BCUT2D eigenvalue weighted by molar-refractivity contribution is -0.107. The van der Waals surface area contributed by atoms with E-state index in [0.717, 1.165) is 17.7 Å². The van der Waals surface area contributed by atoms with Gasteiger partial charge in [-0.3, -0.25) is 0 Å². The smallest absolute Gasteiger partial charge is 0.125 e. The summed E-state index contributed by atoms with van der Waals surface area (Å²) in [5.74, 6) is 0. The molecule has 0 bridgehead atoms. The zero-order chi connectivity index (χ0) is 10.7. The zero-order valence-corrected chi connectivity index (χ0v) is 8.55. The van der Waals surface area contributed by atoms with Crippen molar-refractivity contribution in [3.8, 4) is 5.69 Å². The highest BCUT2D eigenvalue weighted by molar-refractivity contribution is 5.54. The molecule has 0 aliphatic heterocycles. The SMILES string of the molecule is Cc1ccccc1-n1cncc1CC=O. The second kappa shape index (κ2) is 4.09. The first-order chi connectivity index (χ1) is 7.33. The van der Waals surface area contributed by atoms with Gasteiger partial charge in [-0.2, -0.15) is 0 Å². The van der Waals surface area contributed by atoms with Crippen molar-refractivity contribution in [1.29, 1.82) is 0 Å². The number of nitrogens with zero attached hydrogens (tertiary/aromatic N) is 2. The summed E-state index contributed by atoms with van der Waals surface area (Å²) in [4.78, 5) is 14.6. The lowest BCUT2D eigenvalue weighted by atomic mass is 10.2. The average Bonchev–Trinajstić information content (AvgIpc) is 2.67. The van der Waals surface area contributed by atoms with E-state index in [0.29, 0.717) is 6.42 Å². The van der Waals surface area contributed by atoms with Crippen LogP contribution in [0.4, 0.5) is 0 Å². The van der Waals surface area contributed by atoms with E-state index in [4.69, 9.17) is 0 Å². The Hall–Kier alpha value is -1.90. The summed E-state index contributed by atoms with van der Waals surface area (Å²) in [6.07, 6.45) is 4.75. The topological polar surface area (TPSA) is 34.9 Å². The Labute approximate surface area is 88.4 Å². The Morgan fingerprint density at radius 3 is 2.93 bits per heavy atom. The lowest BCUT2D eigenvalue weighted by Gasteiger charge is -2.08. The second-order valence-corrected chi connectivity index (χ2v) is 3.41. The van der Waals surface area contributed by atoms with Gasteiger partial charge in [0.2, 0.25) is 0 Å². The van der Waals surface area contributed by atoms with Crippen molar-refractivity contribution in [2.24, 2.45) is 0 Å². The summed E-state index contributed by atoms with van der Waals surface area (Å²) < 4.78 is 1.95. The number of benzene rings is 1. The first-order valence-electron chi connectivity index (χ1n) is 4.84. The third kappa shape index (κ3) is 1.81. The quantitative estimate of drug-likeness (QED) is 0.709. The molecule has 0 aliphatic carbocycles. The van der Waals surface area contributed by atoms with E-state index in [1.54, 1.807) is 12.5 Å². The highest BCUT2D eigenvalue weighted by Crippen LogP contribution is 2.15. The number of imidazole rings is 1. The molecule has 0 unspecified atom stereocenters. The fourth-order valence-corrected chi connectivity index (χ4v) is 1.61. The van der Waals surface area contributed by atoms with Crippen LogP contribution in [-0.4, -0.2) is 15.8 Å². The van der Waals surface area contributed by atoms with Gasteiger partial charge in [-0.05, 0) is 18.6 Å². The Kier molecular flexibility index (Phi) is 2.63. The Balaban J connectivity index is 2.49. The van der Waals surface area contributed by atoms with Gasteiger partial charge in [-0.1, -0.05) is 18.2 Å². The number of rotatable bonds is 3. The van der Waals surface area contributed by atoms with Crippen LogP contribution in [0.3, 0.4) is 0 Å². The average molecular weight is 200 g/mol. The van der Waals surface area contributed by atoms with Crippen molar-refractivity contribution >= 4 is 6.29 Å². The summed E-state index contributed by atoms with van der Waals surface area (Å²) in [5, 5.41) is 0. The van der Waals surface area contributed by atoms with Gasteiger partial charge in [-0.25, -0.2) is 4.98 Å². The molecule has 2 rings (SSSR count). The molecule has 0 N–H and O–H groups in total. The van der Waals surface area contributed by atoms with E-state index in [2.05, 4.69) is 4.98 Å². The normalized spacial score (nSPS) is 10.2. The lowest BCUT2D eigenvalue weighted by Crippen LogP contribution is -2.01. The van der Waals surface area contributed by atoms with Gasteiger partial charge in [0.1, 0.15) is 6.29 Å². The van der Waals surface area contributed by atoms with E-state index in [-0.39, 0.29) is 0 Å². The molecule has 1 heterocycles. The predicted molar refractivity (Wildman–Crippen MR) is 58.1 cm³/mol. The van der Waals surface area contributed by atoms with Crippen LogP contribution >= 0.6 is 0 Å². The van der Waals surface area contributed by atoms with Gasteiger partial charge < -0.3 is 9.36 Å². The van der Waals surface area contributed by atoms with Crippen LogP contribution in [0.15, 0.2) is 36.8 Å². The molecule has 0 atom stereocenters. The van der Waals surface area contributed by atoms with E-state index >= 15 is 0 Å². The maximum atomic E-state index is 10.5. The first kappa shape index (κ1) is 9.65. The third-order valence-corrected chi connectivity index (χ3v) is 2.38. The third-order valence-electron chi connectivity index (χ3n) is 2.38. The number of carbonyl (C=O) groups is 1. The van der Waals surface area contributed by atoms with Crippen molar-refractivity contribution in [3.63, 3.8) is 0 Å². The molecule has 0 radical (unpaired) electrons. The summed E-state index contributed by atoms with van der Waals surface area (Å²) in [6.45, 7) is 2.04. The Morgan fingerprint density at radius 2 is 2.20 bits per heavy atom. The Bertz CT molecular complexity index is 474. The molecule has 0 aliphatic rings. The van der Waals surface area contributed by atoms with Crippen LogP contribution in [0.1, 0.15) is 11.3 Å². The number of aromatic nitrogens is 2. The van der Waals surface area contributed by atoms with E-state index < -0.39 is 0 Å². The van der Waals surface area contributed by atoms with Crippen LogP contribution in [0.25, 0.3) is 5.69 Å². The van der Waals surface area contributed by atoms with Gasteiger partial charge in [0.25, 0.3) is 0 Å². The predicted octanol–water partition coefficient (Wildman–Crippen LogP) is 1.92. The van der Waals surface area contributed by atoms with Crippen molar-refractivity contribution < 1.29 is 4.79 Å². The van der Waals surface area contributed by atoms with Gasteiger partial charge in [0.15, 0.2) is 0 Å². The zero-order valence-electron chi connectivity index (χ0n) is 8.55. The molecule has 0 saturated heterocycles. The summed E-state index contributed by atoms with van der Waals surface area (Å²) in [5.41, 5.74) is 3.16. The molecule has 0 saturated carbocycles. The number of hydrogen-bond acceptors (Lipinski definition) is 2. The largest absolute Gasteiger partial charge is 0.303 e. The molecule has 3 heteroatoms. The van der Waals surface area contributed by atoms with Crippen molar-refractivity contribution in [3.05, 3.63) is 48.0 Å². The number of aryl methyl sites for hydroxylation is 1.